The lowest BCUT2D eigenvalue weighted by Gasteiger charge is -2.15. The summed E-state index contributed by atoms with van der Waals surface area (Å²) in [5, 5.41) is 0. The minimum absolute atomic E-state index is 0.0317. The molecule has 0 saturated heterocycles. The highest BCUT2D eigenvalue weighted by atomic mass is 19.1. The minimum atomic E-state index is -0.320. The van der Waals surface area contributed by atoms with Crippen LogP contribution >= 0.6 is 0 Å². The summed E-state index contributed by atoms with van der Waals surface area (Å²) in [6.07, 6.45) is 2.92. The van der Waals surface area contributed by atoms with Crippen molar-refractivity contribution in [1.29, 1.82) is 0 Å². The smallest absolute Gasteiger partial charge is 0.305 e. The highest BCUT2D eigenvalue weighted by molar-refractivity contribution is 6.02. The summed E-state index contributed by atoms with van der Waals surface area (Å²) in [6.45, 7) is 3.98. The van der Waals surface area contributed by atoms with Crippen LogP contribution in [0.2, 0.25) is 0 Å². The number of methoxy groups -OCH3 is 1. The topological polar surface area (TPSA) is 46.6 Å². The van der Waals surface area contributed by atoms with E-state index < -0.39 is 0 Å². The van der Waals surface area contributed by atoms with E-state index in [2.05, 4.69) is 11.3 Å². The molecule has 0 spiro atoms. The molecule has 0 fully saturated rings. The molecule has 1 unspecified atom stereocenters. The van der Waals surface area contributed by atoms with Gasteiger partial charge in [0.1, 0.15) is 5.82 Å². The van der Waals surface area contributed by atoms with Crippen LogP contribution in [0.3, 0.4) is 0 Å². The number of ether oxygens (including phenoxy) is 1. The molecule has 1 aliphatic rings. The Hall–Kier alpha value is -2.17. The van der Waals surface area contributed by atoms with Crippen molar-refractivity contribution in [1.82, 2.24) is 0 Å². The van der Waals surface area contributed by atoms with Gasteiger partial charge in [-0.2, -0.15) is 0 Å². The van der Waals surface area contributed by atoms with E-state index in [0.29, 0.717) is 25.8 Å². The minimum Gasteiger partial charge on any atom is -0.469 e. The average Bonchev–Trinajstić information content (AvgIpc) is 2.84. The first-order valence-corrected chi connectivity index (χ1v) is 6.87. The Balaban J connectivity index is 2.14. The molecule has 1 aromatic rings. The van der Waals surface area contributed by atoms with Crippen LogP contribution in [-0.4, -0.2) is 25.5 Å². The van der Waals surface area contributed by atoms with Crippen molar-refractivity contribution in [2.75, 3.05) is 18.6 Å². The summed E-state index contributed by atoms with van der Waals surface area (Å²) < 4.78 is 18.1. The molecule has 5 heteroatoms. The molecule has 0 aliphatic carbocycles. The predicted molar refractivity (Wildman–Crippen MR) is 77.6 cm³/mol. The Morgan fingerprint density at radius 3 is 2.95 bits per heavy atom. The molecule has 1 heterocycles. The van der Waals surface area contributed by atoms with Gasteiger partial charge < -0.3 is 9.64 Å². The fraction of sp³-hybridized carbons (Fsp3) is 0.375. The lowest BCUT2D eigenvalue weighted by atomic mass is 9.95. The quantitative estimate of drug-likeness (QED) is 0.619. The van der Waals surface area contributed by atoms with Crippen LogP contribution in [0.15, 0.2) is 30.9 Å². The van der Waals surface area contributed by atoms with Gasteiger partial charge in [-0.1, -0.05) is 6.58 Å². The normalized spacial score (nSPS) is 16.5. The van der Waals surface area contributed by atoms with Gasteiger partial charge in [-0.25, -0.2) is 4.39 Å². The van der Waals surface area contributed by atoms with Crippen molar-refractivity contribution < 1.29 is 18.7 Å². The zero-order valence-electron chi connectivity index (χ0n) is 12.0. The second-order valence-electron chi connectivity index (χ2n) is 5.02. The van der Waals surface area contributed by atoms with E-state index in [9.17, 15) is 14.0 Å². The van der Waals surface area contributed by atoms with Gasteiger partial charge in [0.15, 0.2) is 0 Å². The number of amides is 1. The van der Waals surface area contributed by atoms with Gasteiger partial charge in [0.05, 0.1) is 7.11 Å². The molecule has 0 radical (unpaired) electrons. The van der Waals surface area contributed by atoms with Crippen molar-refractivity contribution in [2.45, 2.75) is 25.2 Å². The SMILES string of the molecule is C=CC(=O)N1CC(CCCC(=O)OC)c2cc(F)ccc21. The number of carbonyl (C=O) groups is 2. The molecule has 1 amide bonds. The summed E-state index contributed by atoms with van der Waals surface area (Å²) in [4.78, 5) is 24.6. The molecule has 1 aromatic carbocycles. The fourth-order valence-corrected chi connectivity index (χ4v) is 2.68. The monoisotopic (exact) mass is 291 g/mol. The largest absolute Gasteiger partial charge is 0.469 e. The predicted octanol–water partition coefficient (Wildman–Crippen LogP) is 2.79. The molecule has 1 atom stereocenters. The molecule has 21 heavy (non-hydrogen) atoms. The summed E-state index contributed by atoms with van der Waals surface area (Å²) in [5.74, 6) is -0.742. The summed E-state index contributed by atoms with van der Waals surface area (Å²) in [7, 11) is 1.35. The lowest BCUT2D eigenvalue weighted by Crippen LogP contribution is -2.27. The number of anilines is 1. The van der Waals surface area contributed by atoms with Crippen LogP contribution in [0.1, 0.15) is 30.7 Å². The standard InChI is InChI=1S/C16H18FNO3/c1-3-15(19)18-10-11(5-4-6-16(20)21-2)13-9-12(17)7-8-14(13)18/h3,7-9,11H,1,4-6,10H2,2H3. The maximum Gasteiger partial charge on any atom is 0.305 e. The number of hydrogen-bond donors (Lipinski definition) is 0. The molecule has 0 N–H and O–H groups in total. The maximum absolute atomic E-state index is 13.5. The van der Waals surface area contributed by atoms with Gasteiger partial charge in [0.2, 0.25) is 5.91 Å². The van der Waals surface area contributed by atoms with Crippen molar-refractivity contribution in [3.8, 4) is 0 Å². The van der Waals surface area contributed by atoms with E-state index in [1.165, 1.54) is 25.3 Å². The molecule has 2 rings (SSSR count). The summed E-state index contributed by atoms with van der Waals surface area (Å²) >= 11 is 0. The van der Waals surface area contributed by atoms with Crippen molar-refractivity contribution in [3.63, 3.8) is 0 Å². The number of hydrogen-bond acceptors (Lipinski definition) is 3. The summed E-state index contributed by atoms with van der Waals surface area (Å²) in [6, 6.07) is 4.43. The average molecular weight is 291 g/mol. The first-order valence-electron chi connectivity index (χ1n) is 6.87. The van der Waals surface area contributed by atoms with Crippen molar-refractivity contribution in [2.24, 2.45) is 0 Å². The first kappa shape index (κ1) is 15.2. The van der Waals surface area contributed by atoms with Gasteiger partial charge in [-0.15, -0.1) is 0 Å². The molecule has 1 aliphatic heterocycles. The van der Waals surface area contributed by atoms with Crippen LogP contribution in [0.25, 0.3) is 0 Å². The van der Waals surface area contributed by atoms with Crippen LogP contribution in [0, 0.1) is 5.82 Å². The highest BCUT2D eigenvalue weighted by Gasteiger charge is 2.31. The van der Waals surface area contributed by atoms with E-state index in [1.54, 1.807) is 11.0 Å². The number of nitrogens with zero attached hydrogens (tertiary/aromatic N) is 1. The Labute approximate surface area is 123 Å². The van der Waals surface area contributed by atoms with Crippen LogP contribution in [0.5, 0.6) is 0 Å². The van der Waals surface area contributed by atoms with Gasteiger partial charge in [0.25, 0.3) is 0 Å². The highest BCUT2D eigenvalue weighted by Crippen LogP contribution is 2.39. The molecule has 0 saturated carbocycles. The Morgan fingerprint density at radius 2 is 2.29 bits per heavy atom. The van der Waals surface area contributed by atoms with E-state index >= 15 is 0 Å². The maximum atomic E-state index is 13.5. The number of fused-ring (bicyclic) bond motifs is 1. The third kappa shape index (κ3) is 3.29. The lowest BCUT2D eigenvalue weighted by molar-refractivity contribution is -0.140. The molecular formula is C16H18FNO3. The number of esters is 1. The molecule has 0 aromatic heterocycles. The number of rotatable bonds is 5. The molecule has 0 bridgehead atoms. The van der Waals surface area contributed by atoms with Gasteiger partial charge >= 0.3 is 5.97 Å². The molecular weight excluding hydrogens is 273 g/mol. The Kier molecular flexibility index (Phi) is 4.73. The first-order chi connectivity index (χ1) is 10.1. The number of halogens is 1. The Morgan fingerprint density at radius 1 is 1.52 bits per heavy atom. The van der Waals surface area contributed by atoms with Crippen molar-refractivity contribution >= 4 is 17.6 Å². The van der Waals surface area contributed by atoms with Crippen LogP contribution in [-0.2, 0) is 14.3 Å². The third-order valence-corrected chi connectivity index (χ3v) is 3.72. The van der Waals surface area contributed by atoms with Crippen LogP contribution in [0.4, 0.5) is 10.1 Å². The van der Waals surface area contributed by atoms with Crippen LogP contribution < -0.4 is 4.90 Å². The van der Waals surface area contributed by atoms with Gasteiger partial charge in [-0.05, 0) is 42.7 Å². The van der Waals surface area contributed by atoms with Gasteiger partial charge in [-0.3, -0.25) is 9.59 Å². The van der Waals surface area contributed by atoms with E-state index in [1.807, 2.05) is 0 Å². The third-order valence-electron chi connectivity index (χ3n) is 3.72. The number of benzene rings is 1. The van der Waals surface area contributed by atoms with E-state index in [4.69, 9.17) is 0 Å². The van der Waals surface area contributed by atoms with Gasteiger partial charge in [0, 0.05) is 24.6 Å². The second kappa shape index (κ2) is 6.52. The van der Waals surface area contributed by atoms with E-state index in [-0.39, 0.29) is 23.6 Å². The van der Waals surface area contributed by atoms with E-state index in [0.717, 1.165) is 11.3 Å². The zero-order valence-corrected chi connectivity index (χ0v) is 12.0. The summed E-state index contributed by atoms with van der Waals surface area (Å²) in [5.41, 5.74) is 1.54. The number of carbonyl (C=O) groups excluding carboxylic acids is 2. The zero-order chi connectivity index (χ0) is 15.4. The molecule has 112 valence electrons. The van der Waals surface area contributed by atoms with Crippen molar-refractivity contribution in [3.05, 3.63) is 42.2 Å². The Bertz CT molecular complexity index is 571. The molecule has 4 nitrogen and oxygen atoms in total. The fourth-order valence-electron chi connectivity index (χ4n) is 2.68. The second-order valence-corrected chi connectivity index (χ2v) is 5.02.